The molecule has 1 atom stereocenters. The van der Waals surface area contributed by atoms with Crippen LogP contribution in [0.15, 0.2) is 55.0 Å². The van der Waals surface area contributed by atoms with Crippen LogP contribution in [0, 0.1) is 17.0 Å². The molecule has 0 saturated carbocycles. The molecule has 2 amide bonds. The molecule has 33 heavy (non-hydrogen) atoms. The van der Waals surface area contributed by atoms with Gasteiger partial charge in [0.1, 0.15) is 11.8 Å². The minimum atomic E-state index is -0.668. The van der Waals surface area contributed by atoms with Crippen LogP contribution in [0.1, 0.15) is 28.9 Å². The van der Waals surface area contributed by atoms with Gasteiger partial charge in [-0.2, -0.15) is 0 Å². The number of anilines is 1. The molecular formula is C23H23N5O5. The molecule has 1 fully saturated rings. The normalized spacial score (nSPS) is 15.3. The molecule has 0 radical (unpaired) electrons. The summed E-state index contributed by atoms with van der Waals surface area (Å²) in [6, 6.07) is 10.2. The van der Waals surface area contributed by atoms with E-state index in [9.17, 15) is 19.7 Å². The predicted molar refractivity (Wildman–Crippen MR) is 121 cm³/mol. The highest BCUT2D eigenvalue weighted by atomic mass is 16.6. The lowest BCUT2D eigenvalue weighted by molar-refractivity contribution is -0.384. The first-order valence-corrected chi connectivity index (χ1v) is 10.4. The van der Waals surface area contributed by atoms with Crippen LogP contribution < -0.4 is 10.1 Å². The van der Waals surface area contributed by atoms with Crippen LogP contribution in [0.5, 0.6) is 5.75 Å². The fourth-order valence-corrected chi connectivity index (χ4v) is 3.95. The van der Waals surface area contributed by atoms with Crippen molar-refractivity contribution in [2.75, 3.05) is 19.0 Å². The monoisotopic (exact) mass is 449 g/mol. The van der Waals surface area contributed by atoms with Crippen LogP contribution in [-0.2, 0) is 4.79 Å². The third-order valence-electron chi connectivity index (χ3n) is 5.56. The number of aryl methyl sites for hydroxylation is 1. The van der Waals surface area contributed by atoms with Crippen molar-refractivity contribution in [1.82, 2.24) is 14.5 Å². The summed E-state index contributed by atoms with van der Waals surface area (Å²) in [6.07, 6.45) is 4.72. The highest BCUT2D eigenvalue weighted by Gasteiger charge is 2.35. The van der Waals surface area contributed by atoms with Gasteiger partial charge >= 0.3 is 0 Å². The van der Waals surface area contributed by atoms with Crippen molar-refractivity contribution in [2.24, 2.45) is 0 Å². The number of ether oxygens (including phenoxy) is 1. The molecule has 0 spiro atoms. The standard InChI is InChI=1S/C23H23N5O5/c1-15-13-26(14-24-15)19-9-8-16(11-21(19)33-2)23(30)27-10-4-7-20(27)22(29)25-17-5-3-6-18(12-17)28(31)32/h3,5-6,8-9,11-14,20H,4,7,10H2,1-2H3,(H,25,29). The molecule has 2 heterocycles. The Morgan fingerprint density at radius 1 is 1.24 bits per heavy atom. The van der Waals surface area contributed by atoms with E-state index in [2.05, 4.69) is 10.3 Å². The van der Waals surface area contributed by atoms with Gasteiger partial charge < -0.3 is 19.5 Å². The number of imidazole rings is 1. The van der Waals surface area contributed by atoms with E-state index in [1.165, 1.54) is 30.2 Å². The summed E-state index contributed by atoms with van der Waals surface area (Å²) < 4.78 is 7.31. The summed E-state index contributed by atoms with van der Waals surface area (Å²) in [4.78, 5) is 42.4. The fraction of sp³-hybridized carbons (Fsp3) is 0.261. The van der Waals surface area contributed by atoms with E-state index >= 15 is 0 Å². The minimum Gasteiger partial charge on any atom is -0.495 e. The number of amides is 2. The highest BCUT2D eigenvalue weighted by molar-refractivity contribution is 6.02. The van der Waals surface area contributed by atoms with Gasteiger partial charge in [-0.05, 0) is 44.0 Å². The van der Waals surface area contributed by atoms with E-state index in [4.69, 9.17) is 4.74 Å². The van der Waals surface area contributed by atoms with E-state index in [0.717, 1.165) is 11.4 Å². The quantitative estimate of drug-likeness (QED) is 0.455. The van der Waals surface area contributed by atoms with Gasteiger partial charge in [0, 0.05) is 36.1 Å². The Kier molecular flexibility index (Phi) is 6.07. The first-order chi connectivity index (χ1) is 15.9. The maximum atomic E-state index is 13.3. The average molecular weight is 449 g/mol. The molecule has 2 aromatic carbocycles. The number of carbonyl (C=O) groups excluding carboxylic acids is 2. The molecule has 1 saturated heterocycles. The number of aromatic nitrogens is 2. The Morgan fingerprint density at radius 3 is 2.76 bits per heavy atom. The van der Waals surface area contributed by atoms with Gasteiger partial charge in [0.05, 0.1) is 29.7 Å². The Morgan fingerprint density at radius 2 is 2.06 bits per heavy atom. The van der Waals surface area contributed by atoms with Gasteiger partial charge in [0.2, 0.25) is 5.91 Å². The number of nitro groups is 1. The highest BCUT2D eigenvalue weighted by Crippen LogP contribution is 2.28. The van der Waals surface area contributed by atoms with E-state index < -0.39 is 11.0 Å². The Hall–Kier alpha value is -4.21. The summed E-state index contributed by atoms with van der Waals surface area (Å²) in [5, 5.41) is 13.7. The summed E-state index contributed by atoms with van der Waals surface area (Å²) in [5.41, 5.74) is 2.20. The molecule has 10 nitrogen and oxygen atoms in total. The van der Waals surface area contributed by atoms with E-state index in [1.807, 2.05) is 17.7 Å². The summed E-state index contributed by atoms with van der Waals surface area (Å²) in [5.74, 6) is -0.146. The molecule has 0 aliphatic carbocycles. The maximum Gasteiger partial charge on any atom is 0.271 e. The molecule has 1 aliphatic heterocycles. The van der Waals surface area contributed by atoms with Gasteiger partial charge in [-0.3, -0.25) is 19.7 Å². The number of nitrogens with zero attached hydrogens (tertiary/aromatic N) is 4. The smallest absolute Gasteiger partial charge is 0.271 e. The largest absolute Gasteiger partial charge is 0.495 e. The fourth-order valence-electron chi connectivity index (χ4n) is 3.95. The second-order valence-electron chi connectivity index (χ2n) is 7.76. The van der Waals surface area contributed by atoms with Crippen molar-refractivity contribution in [3.8, 4) is 11.4 Å². The van der Waals surface area contributed by atoms with Crippen molar-refractivity contribution in [3.63, 3.8) is 0 Å². The molecule has 3 aromatic rings. The van der Waals surface area contributed by atoms with Crippen LogP contribution in [0.25, 0.3) is 5.69 Å². The summed E-state index contributed by atoms with van der Waals surface area (Å²) >= 11 is 0. The molecule has 0 bridgehead atoms. The molecular weight excluding hydrogens is 426 g/mol. The van der Waals surface area contributed by atoms with Crippen LogP contribution in [0.2, 0.25) is 0 Å². The van der Waals surface area contributed by atoms with Crippen molar-refractivity contribution >= 4 is 23.2 Å². The van der Waals surface area contributed by atoms with Crippen molar-refractivity contribution in [3.05, 3.63) is 76.4 Å². The van der Waals surface area contributed by atoms with Crippen LogP contribution >= 0.6 is 0 Å². The van der Waals surface area contributed by atoms with E-state index in [-0.39, 0.29) is 17.5 Å². The number of methoxy groups -OCH3 is 1. The number of carbonyl (C=O) groups is 2. The number of hydrogen-bond acceptors (Lipinski definition) is 6. The molecule has 1 N–H and O–H groups in total. The molecule has 1 aromatic heterocycles. The van der Waals surface area contributed by atoms with Crippen molar-refractivity contribution < 1.29 is 19.2 Å². The van der Waals surface area contributed by atoms with Gasteiger partial charge in [-0.15, -0.1) is 0 Å². The number of rotatable bonds is 6. The summed E-state index contributed by atoms with van der Waals surface area (Å²) in [6.45, 7) is 2.32. The number of hydrogen-bond donors (Lipinski definition) is 1. The van der Waals surface area contributed by atoms with Crippen LogP contribution in [0.3, 0.4) is 0 Å². The van der Waals surface area contributed by atoms with Gasteiger partial charge in [0.15, 0.2) is 0 Å². The lowest BCUT2D eigenvalue weighted by Gasteiger charge is -2.24. The zero-order valence-electron chi connectivity index (χ0n) is 18.2. The number of benzene rings is 2. The first kappa shape index (κ1) is 22.0. The molecule has 170 valence electrons. The van der Waals surface area contributed by atoms with Crippen LogP contribution in [0.4, 0.5) is 11.4 Å². The van der Waals surface area contributed by atoms with Gasteiger partial charge in [0.25, 0.3) is 11.6 Å². The zero-order chi connectivity index (χ0) is 23.5. The SMILES string of the molecule is COc1cc(C(=O)N2CCCC2C(=O)Nc2cccc([N+](=O)[O-])c2)ccc1-n1cnc(C)c1. The van der Waals surface area contributed by atoms with E-state index in [0.29, 0.717) is 36.4 Å². The Labute approximate surface area is 189 Å². The lowest BCUT2D eigenvalue weighted by atomic mass is 10.1. The first-order valence-electron chi connectivity index (χ1n) is 10.4. The number of nitro benzene ring substituents is 1. The van der Waals surface area contributed by atoms with Crippen molar-refractivity contribution in [2.45, 2.75) is 25.8 Å². The second kappa shape index (κ2) is 9.11. The number of likely N-dealkylation sites (tertiary alicyclic amines) is 1. The zero-order valence-corrected chi connectivity index (χ0v) is 18.2. The average Bonchev–Trinajstić information content (AvgIpc) is 3.47. The number of nitrogens with one attached hydrogen (secondary N) is 1. The van der Waals surface area contributed by atoms with Crippen molar-refractivity contribution in [1.29, 1.82) is 0 Å². The van der Waals surface area contributed by atoms with Gasteiger partial charge in [-0.25, -0.2) is 4.98 Å². The molecule has 1 unspecified atom stereocenters. The topological polar surface area (TPSA) is 120 Å². The molecule has 10 heteroatoms. The Bertz CT molecular complexity index is 1220. The second-order valence-corrected chi connectivity index (χ2v) is 7.76. The predicted octanol–water partition coefficient (Wildman–Crippen LogP) is 3.34. The lowest BCUT2D eigenvalue weighted by Crippen LogP contribution is -2.43. The summed E-state index contributed by atoms with van der Waals surface area (Å²) in [7, 11) is 1.53. The van der Waals surface area contributed by atoms with E-state index in [1.54, 1.807) is 30.6 Å². The minimum absolute atomic E-state index is 0.118. The molecule has 4 rings (SSSR count). The third-order valence-corrected chi connectivity index (χ3v) is 5.56. The number of non-ortho nitro benzene ring substituents is 1. The Balaban J connectivity index is 1.53. The maximum absolute atomic E-state index is 13.3. The third kappa shape index (κ3) is 4.54. The molecule has 1 aliphatic rings. The van der Waals surface area contributed by atoms with Crippen LogP contribution in [-0.4, -0.2) is 50.9 Å². The van der Waals surface area contributed by atoms with Gasteiger partial charge in [-0.1, -0.05) is 6.07 Å².